The van der Waals surface area contributed by atoms with E-state index in [1.54, 1.807) is 0 Å². The third-order valence-corrected chi connectivity index (χ3v) is 21.7. The molecule has 0 amide bonds. The summed E-state index contributed by atoms with van der Waals surface area (Å²) in [4.78, 5) is 57.9. The lowest BCUT2D eigenvalue weighted by atomic mass is 9.75. The van der Waals surface area contributed by atoms with Gasteiger partial charge in [-0.05, 0) is 183 Å². The van der Waals surface area contributed by atoms with Gasteiger partial charge in [0.2, 0.25) is 0 Å². The highest BCUT2D eigenvalue weighted by molar-refractivity contribution is 5.75. The van der Waals surface area contributed by atoms with Crippen LogP contribution < -0.4 is 4.74 Å². The van der Waals surface area contributed by atoms with Gasteiger partial charge in [-0.15, -0.1) is 0 Å². The number of aromatic hydroxyl groups is 5. The molecule has 6 aromatic carbocycles. The number of phenols is 5. The van der Waals surface area contributed by atoms with Gasteiger partial charge >= 0.3 is 23.9 Å². The molecule has 6 aromatic rings. The molecule has 0 spiro atoms. The van der Waals surface area contributed by atoms with E-state index in [1.807, 2.05) is 180 Å². The smallest absolute Gasteiger partial charge is 0.306 e. The fourth-order valence-electron chi connectivity index (χ4n) is 14.4. The topological polar surface area (TPSA) is 216 Å². The zero-order valence-electron chi connectivity index (χ0n) is 75.7. The van der Waals surface area contributed by atoms with E-state index in [0.29, 0.717) is 23.3 Å². The minimum Gasteiger partial charge on any atom is -0.507 e. The lowest BCUT2D eigenvalue weighted by molar-refractivity contribution is -0.170. The molecule has 0 fully saturated rings. The summed E-state index contributed by atoms with van der Waals surface area (Å²) >= 11 is 0. The molecule has 0 aliphatic rings. The van der Waals surface area contributed by atoms with Crippen LogP contribution in [0.2, 0.25) is 0 Å². The number of rotatable bonds is 26. The average Bonchev–Trinajstić information content (AvgIpc) is 0.760. The first-order valence-electron chi connectivity index (χ1n) is 41.0. The van der Waals surface area contributed by atoms with Crippen LogP contribution in [0.15, 0.2) is 72.8 Å². The summed E-state index contributed by atoms with van der Waals surface area (Å²) in [6, 6.07) is 24.1. The van der Waals surface area contributed by atoms with Crippen LogP contribution in [0.5, 0.6) is 34.5 Å². The Balaban J connectivity index is 1.40. The fourth-order valence-corrected chi connectivity index (χ4v) is 14.4. The van der Waals surface area contributed by atoms with E-state index in [1.165, 1.54) is 0 Å². The van der Waals surface area contributed by atoms with Crippen LogP contribution in [0.4, 0.5) is 0 Å². The predicted molar refractivity (Wildman–Crippen MR) is 460 cm³/mol. The molecular formula is C99H144O14. The summed E-state index contributed by atoms with van der Waals surface area (Å²) in [5, 5.41) is 58.7. The SMILES string of the molecule is CCc1cc(CCC(=O)OCC(COC(=O)CCc2cc(C(C)(C)C)c(O)c(C(C)(C)C)c2)(COC(=O)CCc2cc(C(C)(C)C)c(O)c(C(C)(C)C)c2)COC(=O)CCc2cc(C(C)(C)C)c(O)c(C(C)(C)COc3c(C(C)(C)C)cc(-c4cc(C(C)(C)C)c(O)c(C(C)(C)C)c4)cc3C(C)(C)C)c2)cc(C(C)(C)C)c1O. The maximum atomic E-state index is 14.8. The molecule has 0 radical (unpaired) electrons. The first-order valence-corrected chi connectivity index (χ1v) is 41.0. The summed E-state index contributed by atoms with van der Waals surface area (Å²) < 4.78 is 32.2. The molecule has 0 aromatic heterocycles. The third kappa shape index (κ3) is 24.5. The zero-order chi connectivity index (χ0) is 86.1. The number of phenolic OH excluding ortho intramolecular Hbond substituents is 5. The molecule has 6 rings (SSSR count). The first-order chi connectivity index (χ1) is 51.2. The van der Waals surface area contributed by atoms with Gasteiger partial charge in [-0.25, -0.2) is 0 Å². The highest BCUT2D eigenvalue weighted by Gasteiger charge is 2.41. The number of carbonyl (C=O) groups is 4. The second kappa shape index (κ2) is 34.4. The van der Waals surface area contributed by atoms with E-state index in [4.69, 9.17) is 23.7 Å². The molecule has 0 aliphatic carbocycles. The summed E-state index contributed by atoms with van der Waals surface area (Å²) in [5.74, 6) is -0.618. The van der Waals surface area contributed by atoms with Crippen LogP contribution in [0, 0.1) is 5.41 Å². The van der Waals surface area contributed by atoms with E-state index in [9.17, 15) is 44.7 Å². The lowest BCUT2D eigenvalue weighted by Gasteiger charge is -2.35. The molecule has 0 atom stereocenters. The molecule has 0 saturated heterocycles. The quantitative estimate of drug-likeness (QED) is 0.0252. The second-order valence-electron chi connectivity index (χ2n) is 43.3. The van der Waals surface area contributed by atoms with E-state index in [0.717, 1.165) is 94.8 Å². The van der Waals surface area contributed by atoms with Crippen molar-refractivity contribution in [2.45, 2.75) is 346 Å². The first kappa shape index (κ1) is 93.9. The zero-order valence-corrected chi connectivity index (χ0v) is 75.7. The van der Waals surface area contributed by atoms with Gasteiger partial charge in [0.25, 0.3) is 0 Å². The maximum absolute atomic E-state index is 14.8. The van der Waals surface area contributed by atoms with Gasteiger partial charge in [0.05, 0.1) is 6.61 Å². The number of hydrogen-bond acceptors (Lipinski definition) is 14. The molecule has 0 heterocycles. The van der Waals surface area contributed by atoms with Gasteiger partial charge in [-0.2, -0.15) is 0 Å². The van der Waals surface area contributed by atoms with Crippen molar-refractivity contribution < 1.29 is 68.4 Å². The van der Waals surface area contributed by atoms with Crippen molar-refractivity contribution in [3.8, 4) is 45.6 Å². The third-order valence-electron chi connectivity index (χ3n) is 21.7. The van der Waals surface area contributed by atoms with Crippen LogP contribution >= 0.6 is 0 Å². The van der Waals surface area contributed by atoms with Crippen molar-refractivity contribution in [1.29, 1.82) is 0 Å². The van der Waals surface area contributed by atoms with Gasteiger partial charge < -0.3 is 49.2 Å². The maximum Gasteiger partial charge on any atom is 0.306 e. The van der Waals surface area contributed by atoms with Gasteiger partial charge in [-0.1, -0.05) is 277 Å². The van der Waals surface area contributed by atoms with Crippen molar-refractivity contribution in [1.82, 2.24) is 0 Å². The Hall–Kier alpha value is -8.00. The lowest BCUT2D eigenvalue weighted by Crippen LogP contribution is -2.44. The molecule has 0 bridgehead atoms. The highest BCUT2D eigenvalue weighted by atomic mass is 16.6. The fraction of sp³-hybridized carbons (Fsp3) is 0.596. The largest absolute Gasteiger partial charge is 0.507 e. The standard InChI is InChI=1S/C99H144O14/c1-34-64-43-60(44-67(82(64)104)88(2,3)4)35-39-78(100)109-56-99(57-110-79(101)40-36-61-45-68(89(5,6)7)83(105)69(46-61)90(8,9)10,58-111-80(102)41-37-62-47-70(91(11,12)13)84(106)71(48-62)92(14,15)16)59-112-81(103)42-38-63-49-72(93(17,18)19)86(108)75(50-63)98(32,33)55-113-87-76(96(26,27)28)53-66(54-77(87)97(29,30)31)65-51-73(94(20,21)22)85(107)74(52-65)95(23,24)25/h43-54,104-108H,34-42,55-59H2,1-33H3. The number of carbonyl (C=O) groups excluding carboxylic acids is 4. The molecule has 0 saturated carbocycles. The van der Waals surface area contributed by atoms with E-state index in [-0.39, 0.29) is 103 Å². The number of ether oxygens (including phenoxy) is 5. The Bertz CT molecular complexity index is 4160. The Morgan fingerprint density at radius 2 is 0.469 bits per heavy atom. The van der Waals surface area contributed by atoms with E-state index >= 15 is 0 Å². The minimum atomic E-state index is -1.65. The van der Waals surface area contributed by atoms with Crippen LogP contribution in [-0.2, 0) is 130 Å². The second-order valence-corrected chi connectivity index (χ2v) is 43.3. The Kier molecular flexibility index (Phi) is 28.6. The summed E-state index contributed by atoms with van der Waals surface area (Å²) in [6.07, 6.45) is 1.11. The number of esters is 4. The summed E-state index contributed by atoms with van der Waals surface area (Å²) in [7, 11) is 0. The number of hydrogen-bond donors (Lipinski definition) is 5. The molecule has 14 nitrogen and oxygen atoms in total. The summed E-state index contributed by atoms with van der Waals surface area (Å²) in [5.41, 5.74) is 8.25. The van der Waals surface area contributed by atoms with Crippen molar-refractivity contribution in [2.75, 3.05) is 33.0 Å². The van der Waals surface area contributed by atoms with Crippen LogP contribution in [-0.4, -0.2) is 82.4 Å². The van der Waals surface area contributed by atoms with Gasteiger partial charge in [0.1, 0.15) is 66.3 Å². The Morgan fingerprint density at radius 3 is 0.708 bits per heavy atom. The predicted octanol–water partition coefficient (Wildman–Crippen LogP) is 22.8. The molecule has 5 N–H and O–H groups in total. The highest BCUT2D eigenvalue weighted by Crippen LogP contribution is 2.50. The minimum absolute atomic E-state index is 0.0804. The van der Waals surface area contributed by atoms with Crippen molar-refractivity contribution in [3.05, 3.63) is 162 Å². The van der Waals surface area contributed by atoms with Gasteiger partial charge in [0.15, 0.2) is 0 Å². The Labute approximate surface area is 680 Å². The molecule has 0 aliphatic heterocycles. The van der Waals surface area contributed by atoms with Crippen molar-refractivity contribution in [3.63, 3.8) is 0 Å². The Morgan fingerprint density at radius 1 is 0.265 bits per heavy atom. The van der Waals surface area contributed by atoms with E-state index < -0.39 is 93.6 Å². The van der Waals surface area contributed by atoms with E-state index in [2.05, 4.69) is 121 Å². The normalized spacial score (nSPS) is 13.3. The number of benzene rings is 6. The van der Waals surface area contributed by atoms with Crippen LogP contribution in [0.25, 0.3) is 11.1 Å². The van der Waals surface area contributed by atoms with Crippen molar-refractivity contribution >= 4 is 23.9 Å². The monoisotopic (exact) mass is 1560 g/mol. The number of aryl methyl sites for hydroxylation is 5. The van der Waals surface area contributed by atoms with Gasteiger partial charge in [0, 0.05) is 58.9 Å². The molecule has 624 valence electrons. The van der Waals surface area contributed by atoms with Gasteiger partial charge in [-0.3, -0.25) is 19.2 Å². The van der Waals surface area contributed by atoms with Crippen LogP contribution in [0.3, 0.4) is 0 Å². The molecule has 14 heteroatoms. The van der Waals surface area contributed by atoms with Crippen LogP contribution in [0.1, 0.15) is 343 Å². The average molecular weight is 1560 g/mol. The molecule has 0 unspecified atom stereocenters. The summed E-state index contributed by atoms with van der Waals surface area (Å²) in [6.45, 7) is 66.6. The molecule has 113 heavy (non-hydrogen) atoms. The molecular weight excluding hydrogens is 1410 g/mol. The van der Waals surface area contributed by atoms with Crippen molar-refractivity contribution in [2.24, 2.45) is 5.41 Å².